The van der Waals surface area contributed by atoms with Gasteiger partial charge in [-0.1, -0.05) is 49.9 Å². The zero-order valence-corrected chi connectivity index (χ0v) is 12.7. The molecule has 108 valence electrons. The average molecular weight is 292 g/mol. The zero-order valence-electron chi connectivity index (χ0n) is 11.9. The molecule has 20 heavy (non-hydrogen) atoms. The molecule has 2 N–H and O–H groups in total. The molecule has 1 saturated carbocycles. The highest BCUT2D eigenvalue weighted by molar-refractivity contribution is 6.34. The Kier molecular flexibility index (Phi) is 4.04. The smallest absolute Gasteiger partial charge is 0.152 e. The van der Waals surface area contributed by atoms with Crippen molar-refractivity contribution in [2.24, 2.45) is 17.6 Å². The summed E-state index contributed by atoms with van der Waals surface area (Å²) in [4.78, 5) is 0. The SMILES string of the molecule is CCC1CCCC(C(N)c2cc3cccc(Cl)c3o2)C1. The molecule has 0 bridgehead atoms. The maximum absolute atomic E-state index is 6.46. The first kappa shape index (κ1) is 14.0. The highest BCUT2D eigenvalue weighted by atomic mass is 35.5. The van der Waals surface area contributed by atoms with Crippen LogP contribution >= 0.6 is 11.6 Å². The van der Waals surface area contributed by atoms with Gasteiger partial charge in [0.2, 0.25) is 0 Å². The lowest BCUT2D eigenvalue weighted by molar-refractivity contribution is 0.218. The Morgan fingerprint density at radius 3 is 3.00 bits per heavy atom. The van der Waals surface area contributed by atoms with Gasteiger partial charge in [-0.25, -0.2) is 0 Å². The summed E-state index contributed by atoms with van der Waals surface area (Å²) in [6.45, 7) is 2.28. The summed E-state index contributed by atoms with van der Waals surface area (Å²) in [5.41, 5.74) is 7.23. The molecule has 1 aromatic carbocycles. The maximum Gasteiger partial charge on any atom is 0.152 e. The van der Waals surface area contributed by atoms with E-state index in [0.29, 0.717) is 10.9 Å². The topological polar surface area (TPSA) is 39.2 Å². The second-order valence-electron chi connectivity index (χ2n) is 6.03. The molecule has 0 saturated heterocycles. The van der Waals surface area contributed by atoms with Gasteiger partial charge in [-0.2, -0.15) is 0 Å². The van der Waals surface area contributed by atoms with Crippen LogP contribution in [0.15, 0.2) is 28.7 Å². The van der Waals surface area contributed by atoms with Crippen molar-refractivity contribution in [3.63, 3.8) is 0 Å². The van der Waals surface area contributed by atoms with E-state index in [4.69, 9.17) is 21.8 Å². The Hall–Kier alpha value is -0.990. The van der Waals surface area contributed by atoms with E-state index in [1.54, 1.807) is 0 Å². The minimum atomic E-state index is -0.00665. The molecule has 2 nitrogen and oxygen atoms in total. The van der Waals surface area contributed by atoms with Crippen molar-refractivity contribution in [2.45, 2.75) is 45.1 Å². The lowest BCUT2D eigenvalue weighted by atomic mass is 9.76. The molecule has 1 heterocycles. The minimum Gasteiger partial charge on any atom is -0.458 e. The van der Waals surface area contributed by atoms with Crippen LogP contribution in [0.2, 0.25) is 5.02 Å². The summed E-state index contributed by atoms with van der Waals surface area (Å²) >= 11 is 6.17. The summed E-state index contributed by atoms with van der Waals surface area (Å²) in [5.74, 6) is 2.25. The first-order valence-electron chi connectivity index (χ1n) is 7.62. The summed E-state index contributed by atoms with van der Waals surface area (Å²) in [7, 11) is 0. The molecule has 3 unspecified atom stereocenters. The lowest BCUT2D eigenvalue weighted by Gasteiger charge is -2.31. The molecule has 3 heteroatoms. The van der Waals surface area contributed by atoms with Crippen LogP contribution in [0.4, 0.5) is 0 Å². The Labute approximate surface area is 125 Å². The molecule has 3 rings (SSSR count). The first-order valence-corrected chi connectivity index (χ1v) is 8.00. The van der Waals surface area contributed by atoms with Crippen LogP contribution < -0.4 is 5.73 Å². The van der Waals surface area contributed by atoms with E-state index >= 15 is 0 Å². The monoisotopic (exact) mass is 291 g/mol. The van der Waals surface area contributed by atoms with E-state index < -0.39 is 0 Å². The van der Waals surface area contributed by atoms with Crippen LogP contribution in [0.3, 0.4) is 0 Å². The number of furan rings is 1. The number of benzene rings is 1. The van der Waals surface area contributed by atoms with Crippen molar-refractivity contribution in [1.82, 2.24) is 0 Å². The van der Waals surface area contributed by atoms with E-state index in [0.717, 1.165) is 22.6 Å². The van der Waals surface area contributed by atoms with Crippen molar-refractivity contribution < 1.29 is 4.42 Å². The molecular formula is C17H22ClNO. The highest BCUT2D eigenvalue weighted by Crippen LogP contribution is 2.39. The molecule has 1 aliphatic carbocycles. The fourth-order valence-corrected chi connectivity index (χ4v) is 3.69. The highest BCUT2D eigenvalue weighted by Gasteiger charge is 2.28. The molecule has 0 amide bonds. The molecule has 0 spiro atoms. The number of fused-ring (bicyclic) bond motifs is 1. The van der Waals surface area contributed by atoms with E-state index in [1.165, 1.54) is 32.1 Å². The lowest BCUT2D eigenvalue weighted by Crippen LogP contribution is -2.26. The van der Waals surface area contributed by atoms with Crippen molar-refractivity contribution in [2.75, 3.05) is 0 Å². The Morgan fingerprint density at radius 2 is 2.25 bits per heavy atom. The minimum absolute atomic E-state index is 0.00665. The van der Waals surface area contributed by atoms with Crippen LogP contribution in [-0.2, 0) is 0 Å². The van der Waals surface area contributed by atoms with Gasteiger partial charge >= 0.3 is 0 Å². The molecule has 0 aliphatic heterocycles. The number of hydrogen-bond donors (Lipinski definition) is 1. The van der Waals surface area contributed by atoms with E-state index in [9.17, 15) is 0 Å². The summed E-state index contributed by atoms with van der Waals surface area (Å²) in [6.07, 6.45) is 6.34. The summed E-state index contributed by atoms with van der Waals surface area (Å²) in [5, 5.41) is 1.71. The Bertz CT molecular complexity index is 592. The fraction of sp³-hybridized carbons (Fsp3) is 0.529. The average Bonchev–Trinajstić information content (AvgIpc) is 2.92. The second kappa shape index (κ2) is 5.79. The fourth-order valence-electron chi connectivity index (χ4n) is 3.47. The number of hydrogen-bond acceptors (Lipinski definition) is 2. The van der Waals surface area contributed by atoms with Crippen molar-refractivity contribution in [3.05, 3.63) is 35.0 Å². The van der Waals surface area contributed by atoms with Gasteiger partial charge in [0.1, 0.15) is 5.76 Å². The van der Waals surface area contributed by atoms with Crippen molar-refractivity contribution in [1.29, 1.82) is 0 Å². The van der Waals surface area contributed by atoms with E-state index in [-0.39, 0.29) is 6.04 Å². The summed E-state index contributed by atoms with van der Waals surface area (Å²) in [6, 6.07) is 7.88. The molecule has 1 aliphatic rings. The predicted octanol–water partition coefficient (Wildman–Crippen LogP) is 5.30. The van der Waals surface area contributed by atoms with E-state index in [2.05, 4.69) is 13.0 Å². The third kappa shape index (κ3) is 2.59. The van der Waals surface area contributed by atoms with Crippen LogP contribution in [0, 0.1) is 11.8 Å². The second-order valence-corrected chi connectivity index (χ2v) is 6.44. The van der Waals surface area contributed by atoms with Gasteiger partial charge in [-0.05, 0) is 36.8 Å². The number of para-hydroxylation sites is 1. The molecule has 1 fully saturated rings. The number of rotatable bonds is 3. The molecule has 1 aromatic heterocycles. The van der Waals surface area contributed by atoms with Gasteiger partial charge in [0.15, 0.2) is 5.58 Å². The third-order valence-electron chi connectivity index (χ3n) is 4.75. The van der Waals surface area contributed by atoms with Crippen molar-refractivity contribution in [3.8, 4) is 0 Å². The third-order valence-corrected chi connectivity index (χ3v) is 5.05. The molecule has 2 aromatic rings. The van der Waals surface area contributed by atoms with Crippen LogP contribution in [0.5, 0.6) is 0 Å². The largest absolute Gasteiger partial charge is 0.458 e. The number of halogens is 1. The molecular weight excluding hydrogens is 270 g/mol. The first-order chi connectivity index (χ1) is 9.69. The van der Waals surface area contributed by atoms with Crippen molar-refractivity contribution >= 4 is 22.6 Å². The van der Waals surface area contributed by atoms with Gasteiger partial charge in [0, 0.05) is 5.39 Å². The van der Waals surface area contributed by atoms with Gasteiger partial charge in [0.25, 0.3) is 0 Å². The zero-order chi connectivity index (χ0) is 14.1. The quantitative estimate of drug-likeness (QED) is 0.833. The van der Waals surface area contributed by atoms with Gasteiger partial charge < -0.3 is 10.2 Å². The van der Waals surface area contributed by atoms with Crippen LogP contribution in [0.25, 0.3) is 11.0 Å². The predicted molar refractivity (Wildman–Crippen MR) is 83.9 cm³/mol. The Morgan fingerprint density at radius 1 is 1.40 bits per heavy atom. The molecule has 0 radical (unpaired) electrons. The van der Waals surface area contributed by atoms with Crippen LogP contribution in [-0.4, -0.2) is 0 Å². The normalized spacial score (nSPS) is 24.9. The van der Waals surface area contributed by atoms with Gasteiger partial charge in [-0.15, -0.1) is 0 Å². The standard InChI is InChI=1S/C17H22ClNO/c1-2-11-5-3-6-12(9-11)16(19)15-10-13-7-4-8-14(18)17(13)20-15/h4,7-8,10-12,16H,2-3,5-6,9,19H2,1H3. The van der Waals surface area contributed by atoms with Crippen LogP contribution in [0.1, 0.15) is 50.8 Å². The molecule has 3 atom stereocenters. The summed E-state index contributed by atoms with van der Waals surface area (Å²) < 4.78 is 5.93. The van der Waals surface area contributed by atoms with Gasteiger partial charge in [0.05, 0.1) is 11.1 Å². The maximum atomic E-state index is 6.46. The van der Waals surface area contributed by atoms with E-state index in [1.807, 2.05) is 18.2 Å². The Balaban J connectivity index is 1.84. The van der Waals surface area contributed by atoms with Gasteiger partial charge in [-0.3, -0.25) is 0 Å². The number of nitrogens with two attached hydrogens (primary N) is 1.